The highest BCUT2D eigenvalue weighted by Gasteiger charge is 2.11. The largest absolute Gasteiger partial charge is 0.493 e. The predicted octanol–water partition coefficient (Wildman–Crippen LogP) is 4.80. The number of ether oxygens (including phenoxy) is 2. The molecule has 0 aromatic heterocycles. The minimum Gasteiger partial charge on any atom is -0.493 e. The topological polar surface area (TPSA) is 47.6 Å². The fourth-order valence-electron chi connectivity index (χ4n) is 2.62. The van der Waals surface area contributed by atoms with Crippen molar-refractivity contribution in [3.8, 4) is 11.5 Å². The van der Waals surface area contributed by atoms with Gasteiger partial charge in [-0.1, -0.05) is 48.5 Å². The van der Waals surface area contributed by atoms with E-state index < -0.39 is 0 Å². The molecular formula is C23H23NO3S. The summed E-state index contributed by atoms with van der Waals surface area (Å²) in [5, 5.41) is 2.94. The number of hydrogen-bond acceptors (Lipinski definition) is 4. The van der Waals surface area contributed by atoms with Gasteiger partial charge in [0.1, 0.15) is 6.61 Å². The molecule has 28 heavy (non-hydrogen) atoms. The number of carbonyl (C=O) groups is 1. The van der Waals surface area contributed by atoms with Gasteiger partial charge in [0.05, 0.1) is 7.11 Å². The Hall–Kier alpha value is -2.92. The molecular weight excluding hydrogens is 370 g/mol. The SMILES string of the molecule is COc1cc(C(=O)NCCSc2ccccc2)ccc1OCc1ccccc1. The van der Waals surface area contributed by atoms with Crippen LogP contribution in [0.15, 0.2) is 83.8 Å². The van der Waals surface area contributed by atoms with Crippen LogP contribution in [0.3, 0.4) is 0 Å². The second-order valence-electron chi connectivity index (χ2n) is 6.06. The molecule has 0 atom stereocenters. The van der Waals surface area contributed by atoms with Gasteiger partial charge in [-0.3, -0.25) is 4.79 Å². The van der Waals surface area contributed by atoms with Crippen LogP contribution in [0.2, 0.25) is 0 Å². The number of rotatable bonds is 9. The van der Waals surface area contributed by atoms with E-state index in [1.807, 2.05) is 48.5 Å². The molecule has 4 nitrogen and oxygen atoms in total. The van der Waals surface area contributed by atoms with Crippen LogP contribution in [-0.2, 0) is 6.61 Å². The molecule has 0 bridgehead atoms. The summed E-state index contributed by atoms with van der Waals surface area (Å²) in [4.78, 5) is 13.6. The number of amides is 1. The Morgan fingerprint density at radius 2 is 1.64 bits per heavy atom. The molecule has 0 spiro atoms. The van der Waals surface area contributed by atoms with Crippen molar-refractivity contribution in [1.29, 1.82) is 0 Å². The summed E-state index contributed by atoms with van der Waals surface area (Å²) in [6, 6.07) is 25.3. The second kappa shape index (κ2) is 10.4. The average Bonchev–Trinajstić information content (AvgIpc) is 2.76. The molecule has 0 radical (unpaired) electrons. The second-order valence-corrected chi connectivity index (χ2v) is 7.23. The maximum atomic E-state index is 12.4. The molecule has 0 aliphatic rings. The Labute approximate surface area is 169 Å². The van der Waals surface area contributed by atoms with Crippen LogP contribution in [0, 0.1) is 0 Å². The molecule has 0 saturated carbocycles. The van der Waals surface area contributed by atoms with Gasteiger partial charge in [0.15, 0.2) is 11.5 Å². The molecule has 1 amide bonds. The van der Waals surface area contributed by atoms with Crippen LogP contribution >= 0.6 is 11.8 Å². The summed E-state index contributed by atoms with van der Waals surface area (Å²) < 4.78 is 11.2. The molecule has 144 valence electrons. The van der Waals surface area contributed by atoms with Crippen LogP contribution in [0.1, 0.15) is 15.9 Å². The minimum atomic E-state index is -0.124. The molecule has 5 heteroatoms. The molecule has 0 heterocycles. The monoisotopic (exact) mass is 393 g/mol. The van der Waals surface area contributed by atoms with Crippen molar-refractivity contribution < 1.29 is 14.3 Å². The van der Waals surface area contributed by atoms with Crippen molar-refractivity contribution in [2.24, 2.45) is 0 Å². The van der Waals surface area contributed by atoms with Crippen molar-refractivity contribution in [3.63, 3.8) is 0 Å². The zero-order chi connectivity index (χ0) is 19.6. The van der Waals surface area contributed by atoms with Crippen LogP contribution < -0.4 is 14.8 Å². The Morgan fingerprint density at radius 3 is 2.36 bits per heavy atom. The van der Waals surface area contributed by atoms with E-state index in [0.717, 1.165) is 11.3 Å². The zero-order valence-electron chi connectivity index (χ0n) is 15.8. The van der Waals surface area contributed by atoms with Crippen LogP contribution in [0.5, 0.6) is 11.5 Å². The molecule has 1 N–H and O–H groups in total. The highest BCUT2D eigenvalue weighted by molar-refractivity contribution is 7.99. The highest BCUT2D eigenvalue weighted by atomic mass is 32.2. The van der Waals surface area contributed by atoms with E-state index in [2.05, 4.69) is 17.4 Å². The third kappa shape index (κ3) is 5.79. The Bertz CT molecular complexity index is 885. The molecule has 3 aromatic carbocycles. The molecule has 0 aliphatic carbocycles. The van der Waals surface area contributed by atoms with E-state index in [-0.39, 0.29) is 5.91 Å². The van der Waals surface area contributed by atoms with Gasteiger partial charge in [0.25, 0.3) is 5.91 Å². The number of benzene rings is 3. The van der Waals surface area contributed by atoms with E-state index in [4.69, 9.17) is 9.47 Å². The Morgan fingerprint density at radius 1 is 0.929 bits per heavy atom. The summed E-state index contributed by atoms with van der Waals surface area (Å²) in [6.07, 6.45) is 0. The number of carbonyl (C=O) groups excluding carboxylic acids is 1. The molecule has 0 fully saturated rings. The Balaban J connectivity index is 1.52. The van der Waals surface area contributed by atoms with E-state index in [0.29, 0.717) is 30.2 Å². The van der Waals surface area contributed by atoms with Gasteiger partial charge < -0.3 is 14.8 Å². The van der Waals surface area contributed by atoms with Gasteiger partial charge in [-0.2, -0.15) is 0 Å². The lowest BCUT2D eigenvalue weighted by molar-refractivity contribution is 0.0955. The van der Waals surface area contributed by atoms with E-state index in [1.54, 1.807) is 37.1 Å². The molecule has 0 unspecified atom stereocenters. The van der Waals surface area contributed by atoms with Gasteiger partial charge >= 0.3 is 0 Å². The maximum Gasteiger partial charge on any atom is 0.251 e. The predicted molar refractivity (Wildman–Crippen MR) is 113 cm³/mol. The first-order valence-electron chi connectivity index (χ1n) is 9.07. The Kier molecular flexibility index (Phi) is 7.38. The zero-order valence-corrected chi connectivity index (χ0v) is 16.6. The summed E-state index contributed by atoms with van der Waals surface area (Å²) in [5.41, 5.74) is 1.62. The lowest BCUT2D eigenvalue weighted by Gasteiger charge is -2.12. The van der Waals surface area contributed by atoms with Crippen molar-refractivity contribution in [2.45, 2.75) is 11.5 Å². The molecule has 0 aliphatic heterocycles. The van der Waals surface area contributed by atoms with Gasteiger partial charge in [-0.15, -0.1) is 11.8 Å². The van der Waals surface area contributed by atoms with Crippen molar-refractivity contribution >= 4 is 17.7 Å². The van der Waals surface area contributed by atoms with Gasteiger partial charge in [-0.25, -0.2) is 0 Å². The third-order valence-corrected chi connectivity index (χ3v) is 5.08. The number of methoxy groups -OCH3 is 1. The third-order valence-electron chi connectivity index (χ3n) is 4.06. The summed E-state index contributed by atoms with van der Waals surface area (Å²) in [7, 11) is 1.57. The minimum absolute atomic E-state index is 0.124. The standard InChI is InChI=1S/C23H23NO3S/c1-26-22-16-19(12-13-21(22)27-17-18-8-4-2-5-9-18)23(25)24-14-15-28-20-10-6-3-7-11-20/h2-13,16H,14-15,17H2,1H3,(H,24,25). The fourth-order valence-corrected chi connectivity index (χ4v) is 3.41. The molecule has 0 saturated heterocycles. The normalized spacial score (nSPS) is 10.3. The van der Waals surface area contributed by atoms with E-state index in [9.17, 15) is 4.79 Å². The summed E-state index contributed by atoms with van der Waals surface area (Å²) >= 11 is 1.71. The maximum absolute atomic E-state index is 12.4. The van der Waals surface area contributed by atoms with Crippen molar-refractivity contribution in [1.82, 2.24) is 5.32 Å². The van der Waals surface area contributed by atoms with E-state index in [1.165, 1.54) is 4.90 Å². The van der Waals surface area contributed by atoms with Gasteiger partial charge in [0, 0.05) is 22.8 Å². The first-order valence-corrected chi connectivity index (χ1v) is 10.1. The van der Waals surface area contributed by atoms with Gasteiger partial charge in [-0.05, 0) is 35.9 Å². The van der Waals surface area contributed by atoms with Gasteiger partial charge in [0.2, 0.25) is 0 Å². The quantitative estimate of drug-likeness (QED) is 0.419. The smallest absolute Gasteiger partial charge is 0.251 e. The lowest BCUT2D eigenvalue weighted by Crippen LogP contribution is -2.25. The van der Waals surface area contributed by atoms with Crippen molar-refractivity contribution in [3.05, 3.63) is 90.0 Å². The molecule has 3 rings (SSSR count). The lowest BCUT2D eigenvalue weighted by atomic mass is 10.2. The summed E-state index contributed by atoms with van der Waals surface area (Å²) in [6.45, 7) is 1.03. The first kappa shape index (κ1) is 19.8. The van der Waals surface area contributed by atoms with Crippen LogP contribution in [-0.4, -0.2) is 25.3 Å². The number of thioether (sulfide) groups is 1. The summed E-state index contributed by atoms with van der Waals surface area (Å²) in [5.74, 6) is 1.84. The van der Waals surface area contributed by atoms with Crippen LogP contribution in [0.25, 0.3) is 0 Å². The number of nitrogens with one attached hydrogen (secondary N) is 1. The van der Waals surface area contributed by atoms with E-state index >= 15 is 0 Å². The highest BCUT2D eigenvalue weighted by Crippen LogP contribution is 2.29. The van der Waals surface area contributed by atoms with Crippen molar-refractivity contribution in [2.75, 3.05) is 19.4 Å². The average molecular weight is 394 g/mol. The fraction of sp³-hybridized carbons (Fsp3) is 0.174. The number of hydrogen-bond donors (Lipinski definition) is 1. The van der Waals surface area contributed by atoms with Crippen LogP contribution in [0.4, 0.5) is 0 Å². The first-order chi connectivity index (χ1) is 13.8. The molecule has 3 aromatic rings.